The standard InChI is InChI=1S/C14H22O4/c1-2-12(6-16-8-14-10-18-14)4-3-11(1)5-15-7-13-9-17-13/h5,12-14H,1-4,6-10H2. The first kappa shape index (κ1) is 12.5. The van der Waals surface area contributed by atoms with Crippen LogP contribution < -0.4 is 0 Å². The summed E-state index contributed by atoms with van der Waals surface area (Å²) in [5.74, 6) is 0.715. The molecule has 0 N–H and O–H groups in total. The van der Waals surface area contributed by atoms with Crippen LogP contribution in [0.2, 0.25) is 0 Å². The summed E-state index contributed by atoms with van der Waals surface area (Å²) in [5, 5.41) is 0. The average molecular weight is 254 g/mol. The van der Waals surface area contributed by atoms with Crippen LogP contribution in [-0.2, 0) is 18.9 Å². The van der Waals surface area contributed by atoms with E-state index in [2.05, 4.69) is 0 Å². The Morgan fingerprint density at radius 2 is 1.67 bits per heavy atom. The minimum Gasteiger partial charge on any atom is -0.498 e. The SMILES string of the molecule is C(OCC1CO1)=C1CCC(COCC2CO2)CC1. The summed E-state index contributed by atoms with van der Waals surface area (Å²) in [5.41, 5.74) is 1.44. The Kier molecular flexibility index (Phi) is 4.18. The molecule has 2 unspecified atom stereocenters. The van der Waals surface area contributed by atoms with Crippen molar-refractivity contribution >= 4 is 0 Å². The van der Waals surface area contributed by atoms with Gasteiger partial charge in [-0.2, -0.15) is 0 Å². The van der Waals surface area contributed by atoms with Gasteiger partial charge in [-0.15, -0.1) is 0 Å². The maximum Gasteiger partial charge on any atom is 0.116 e. The van der Waals surface area contributed by atoms with Gasteiger partial charge in [-0.1, -0.05) is 0 Å². The number of hydrogen-bond acceptors (Lipinski definition) is 4. The predicted octanol–water partition coefficient (Wildman–Crippen LogP) is 1.89. The first-order valence-electron chi connectivity index (χ1n) is 7.00. The predicted molar refractivity (Wildman–Crippen MR) is 66.3 cm³/mol. The molecule has 2 heterocycles. The van der Waals surface area contributed by atoms with Crippen molar-refractivity contribution in [1.29, 1.82) is 0 Å². The van der Waals surface area contributed by atoms with Crippen molar-refractivity contribution < 1.29 is 18.9 Å². The van der Waals surface area contributed by atoms with E-state index in [9.17, 15) is 0 Å². The van der Waals surface area contributed by atoms with Crippen LogP contribution in [0.4, 0.5) is 0 Å². The summed E-state index contributed by atoms with van der Waals surface area (Å²) in [7, 11) is 0. The molecule has 0 bridgehead atoms. The van der Waals surface area contributed by atoms with E-state index in [1.165, 1.54) is 18.4 Å². The molecule has 3 aliphatic rings. The summed E-state index contributed by atoms with van der Waals surface area (Å²) in [6, 6.07) is 0. The topological polar surface area (TPSA) is 43.5 Å². The second-order valence-corrected chi connectivity index (χ2v) is 5.50. The highest BCUT2D eigenvalue weighted by Crippen LogP contribution is 2.28. The Bertz CT molecular complexity index is 284. The zero-order valence-corrected chi connectivity index (χ0v) is 10.8. The molecule has 4 heteroatoms. The third-order valence-corrected chi connectivity index (χ3v) is 3.74. The second-order valence-electron chi connectivity index (χ2n) is 5.50. The van der Waals surface area contributed by atoms with Gasteiger partial charge in [-0.25, -0.2) is 0 Å². The largest absolute Gasteiger partial charge is 0.498 e. The number of allylic oxidation sites excluding steroid dienone is 1. The van der Waals surface area contributed by atoms with Crippen LogP contribution in [-0.4, -0.2) is 45.2 Å². The lowest BCUT2D eigenvalue weighted by atomic mass is 9.87. The Morgan fingerprint density at radius 1 is 1.00 bits per heavy atom. The molecule has 102 valence electrons. The summed E-state index contributed by atoms with van der Waals surface area (Å²) in [4.78, 5) is 0. The molecule has 2 saturated heterocycles. The van der Waals surface area contributed by atoms with E-state index >= 15 is 0 Å². The van der Waals surface area contributed by atoms with Gasteiger partial charge in [0.1, 0.15) is 18.8 Å². The Labute approximate surface area is 108 Å². The number of rotatable bonds is 7. The molecule has 1 aliphatic carbocycles. The smallest absolute Gasteiger partial charge is 0.116 e. The van der Waals surface area contributed by atoms with Gasteiger partial charge in [-0.05, 0) is 37.2 Å². The highest BCUT2D eigenvalue weighted by atomic mass is 16.6. The third-order valence-electron chi connectivity index (χ3n) is 3.74. The van der Waals surface area contributed by atoms with Gasteiger partial charge in [-0.3, -0.25) is 0 Å². The maximum atomic E-state index is 5.66. The molecule has 2 aliphatic heterocycles. The molecule has 0 aromatic carbocycles. The van der Waals surface area contributed by atoms with Crippen LogP contribution >= 0.6 is 0 Å². The van der Waals surface area contributed by atoms with Gasteiger partial charge in [0.05, 0.1) is 26.1 Å². The normalized spacial score (nSPS) is 34.2. The minimum absolute atomic E-state index is 0.358. The van der Waals surface area contributed by atoms with E-state index in [1.54, 1.807) is 0 Å². The fourth-order valence-corrected chi connectivity index (χ4v) is 2.30. The number of ether oxygens (including phenoxy) is 4. The molecule has 0 radical (unpaired) electrons. The number of hydrogen-bond donors (Lipinski definition) is 0. The van der Waals surface area contributed by atoms with Gasteiger partial charge in [0.25, 0.3) is 0 Å². The molecular formula is C14H22O4. The molecule has 3 fully saturated rings. The molecule has 2 atom stereocenters. The van der Waals surface area contributed by atoms with Crippen LogP contribution in [0.3, 0.4) is 0 Å². The summed E-state index contributed by atoms with van der Waals surface area (Å²) >= 11 is 0. The molecule has 1 saturated carbocycles. The van der Waals surface area contributed by atoms with Gasteiger partial charge in [0.2, 0.25) is 0 Å². The lowest BCUT2D eigenvalue weighted by molar-refractivity contribution is 0.0771. The van der Waals surface area contributed by atoms with E-state index < -0.39 is 0 Å². The third kappa shape index (κ3) is 4.26. The van der Waals surface area contributed by atoms with Crippen molar-refractivity contribution in [2.24, 2.45) is 5.92 Å². The van der Waals surface area contributed by atoms with Crippen LogP contribution in [0.25, 0.3) is 0 Å². The van der Waals surface area contributed by atoms with E-state index in [1.807, 2.05) is 6.26 Å². The van der Waals surface area contributed by atoms with Crippen molar-refractivity contribution in [2.75, 3.05) is 33.0 Å². The van der Waals surface area contributed by atoms with E-state index in [0.717, 1.165) is 45.9 Å². The van der Waals surface area contributed by atoms with Crippen molar-refractivity contribution in [3.05, 3.63) is 11.8 Å². The molecule has 0 spiro atoms. The fraction of sp³-hybridized carbons (Fsp3) is 0.857. The lowest BCUT2D eigenvalue weighted by Gasteiger charge is -2.23. The zero-order chi connectivity index (χ0) is 12.2. The highest BCUT2D eigenvalue weighted by molar-refractivity contribution is 5.02. The summed E-state index contributed by atoms with van der Waals surface area (Å²) in [6.45, 7) is 4.15. The average Bonchev–Trinajstić information content (AvgIpc) is 3.25. The van der Waals surface area contributed by atoms with E-state index in [4.69, 9.17) is 18.9 Å². The quantitative estimate of drug-likeness (QED) is 0.514. The van der Waals surface area contributed by atoms with Crippen molar-refractivity contribution in [2.45, 2.75) is 37.9 Å². The summed E-state index contributed by atoms with van der Waals surface area (Å²) < 4.78 is 21.4. The fourth-order valence-electron chi connectivity index (χ4n) is 2.30. The summed E-state index contributed by atoms with van der Waals surface area (Å²) in [6.07, 6.45) is 7.45. The molecule has 0 amide bonds. The monoisotopic (exact) mass is 254 g/mol. The Balaban J connectivity index is 1.27. The van der Waals surface area contributed by atoms with E-state index in [0.29, 0.717) is 18.1 Å². The van der Waals surface area contributed by atoms with Crippen LogP contribution in [0, 0.1) is 5.92 Å². The van der Waals surface area contributed by atoms with Crippen molar-refractivity contribution in [3.63, 3.8) is 0 Å². The molecule has 0 aromatic heterocycles. The van der Waals surface area contributed by atoms with Gasteiger partial charge >= 0.3 is 0 Å². The zero-order valence-electron chi connectivity index (χ0n) is 10.8. The van der Waals surface area contributed by atoms with Gasteiger partial charge in [0, 0.05) is 6.61 Å². The van der Waals surface area contributed by atoms with Crippen molar-refractivity contribution in [1.82, 2.24) is 0 Å². The molecule has 3 rings (SSSR count). The van der Waals surface area contributed by atoms with Crippen LogP contribution in [0.1, 0.15) is 25.7 Å². The Hall–Kier alpha value is -0.580. The maximum absolute atomic E-state index is 5.66. The highest BCUT2D eigenvalue weighted by Gasteiger charge is 2.24. The molecule has 0 aromatic rings. The van der Waals surface area contributed by atoms with Gasteiger partial charge in [0.15, 0.2) is 0 Å². The Morgan fingerprint density at radius 3 is 2.33 bits per heavy atom. The van der Waals surface area contributed by atoms with Crippen LogP contribution in [0.15, 0.2) is 11.8 Å². The first-order valence-corrected chi connectivity index (χ1v) is 7.00. The molecule has 18 heavy (non-hydrogen) atoms. The second kappa shape index (κ2) is 6.04. The lowest BCUT2D eigenvalue weighted by Crippen LogP contribution is -2.16. The van der Waals surface area contributed by atoms with Crippen molar-refractivity contribution in [3.8, 4) is 0 Å². The minimum atomic E-state index is 0.358. The van der Waals surface area contributed by atoms with Gasteiger partial charge < -0.3 is 18.9 Å². The number of epoxide rings is 2. The first-order chi connectivity index (χ1) is 8.90. The molecular weight excluding hydrogens is 232 g/mol. The van der Waals surface area contributed by atoms with Crippen LogP contribution in [0.5, 0.6) is 0 Å². The van der Waals surface area contributed by atoms with E-state index in [-0.39, 0.29) is 0 Å². The molecule has 4 nitrogen and oxygen atoms in total.